The van der Waals surface area contributed by atoms with Gasteiger partial charge in [0, 0.05) is 6.42 Å². The Morgan fingerprint density at radius 2 is 0.923 bits per heavy atom. The topological polar surface area (TPSA) is 175 Å². The Kier molecular flexibility index (Phi) is 50.0. The minimum absolute atomic E-state index is 0.0993. The van der Waals surface area contributed by atoms with Crippen LogP contribution in [0.25, 0.3) is 0 Å². The lowest BCUT2D eigenvalue weighted by molar-refractivity contribution is -0.305. The fourth-order valence-corrected chi connectivity index (χ4v) is 9.04. The third kappa shape index (κ3) is 41.3. The van der Waals surface area contributed by atoms with Crippen LogP contribution in [0, 0.1) is 0 Å². The van der Waals surface area contributed by atoms with Crippen molar-refractivity contribution in [2.75, 3.05) is 13.2 Å². The summed E-state index contributed by atoms with van der Waals surface area (Å²) < 4.78 is 17.6. The van der Waals surface area contributed by atoms with E-state index in [-0.39, 0.29) is 19.4 Å². The van der Waals surface area contributed by atoms with Crippen molar-refractivity contribution in [2.24, 2.45) is 0 Å². The minimum Gasteiger partial charge on any atom is -0.454 e. The van der Waals surface area contributed by atoms with Crippen molar-refractivity contribution < 1.29 is 49.3 Å². The summed E-state index contributed by atoms with van der Waals surface area (Å²) >= 11 is 0. The Morgan fingerprint density at radius 1 is 0.513 bits per heavy atom. The van der Waals surface area contributed by atoms with Crippen molar-refractivity contribution in [1.29, 1.82) is 0 Å². The summed E-state index contributed by atoms with van der Waals surface area (Å²) in [7, 11) is 0. The quantitative estimate of drug-likeness (QED) is 0.0195. The Balaban J connectivity index is 2.63. The molecule has 1 rings (SSSR count). The summed E-state index contributed by atoms with van der Waals surface area (Å²) in [5.41, 5.74) is 0. The van der Waals surface area contributed by atoms with Gasteiger partial charge in [-0.3, -0.25) is 9.59 Å². The molecule has 1 amide bonds. The Labute approximate surface area is 475 Å². The largest absolute Gasteiger partial charge is 0.454 e. The number of esters is 1. The van der Waals surface area contributed by atoms with Gasteiger partial charge >= 0.3 is 5.97 Å². The van der Waals surface area contributed by atoms with Gasteiger partial charge in [-0.1, -0.05) is 239 Å². The smallest absolute Gasteiger partial charge is 0.306 e. The van der Waals surface area contributed by atoms with Crippen LogP contribution in [0.5, 0.6) is 0 Å². The molecule has 1 fully saturated rings. The fraction of sp³-hybridized carbons (Fsp3) is 0.701. The average Bonchev–Trinajstić information content (AvgIpc) is 3.44. The first-order valence-electron chi connectivity index (χ1n) is 31.2. The van der Waals surface area contributed by atoms with Crippen LogP contribution in [0.3, 0.4) is 0 Å². The molecule has 0 aliphatic carbocycles. The molecule has 0 spiro atoms. The molecule has 8 atom stereocenters. The van der Waals surface area contributed by atoms with Gasteiger partial charge in [0.2, 0.25) is 5.91 Å². The molecular weight excluding hydrogens is 979 g/mol. The number of carbonyl (C=O) groups is 2. The van der Waals surface area contributed by atoms with Crippen LogP contribution in [-0.2, 0) is 23.8 Å². The van der Waals surface area contributed by atoms with Gasteiger partial charge in [0.25, 0.3) is 0 Å². The van der Waals surface area contributed by atoms with Gasteiger partial charge in [-0.25, -0.2) is 0 Å². The standard InChI is InChI=1S/C67H113NO10/c1-4-7-10-13-16-19-22-24-25-26-27-28-29-30-31-32-33-34-35-37-40-43-46-49-52-55-62(72)78-65-64(74)63(73)61(56-69)77-67(65)76-57-58(59(70)53-50-47-44-41-38-21-18-15-12-9-6-3)68-66(75)60(71)54-51-48-45-42-39-36-23-20-17-14-11-8-5-2/h7-8,10-11,16-17,19-20,24-25,27-28,30-31,33-34,50,53,58-61,63-65,67,69-71,73-74H,4-6,9,12-15,18,21-23,26,29,32,35-49,51-52,54-57H2,1-3H3,(H,68,75)/b10-7-,11-8+,19-16-,20-17+,25-24-,28-27-,31-30-,34-33-,53-50+. The SMILES string of the molecule is CC/C=C\C/C=C\C/C=C\C/C=C\C/C=C\C/C=C\CCCCCCCCC(=O)OC1C(OCC(NC(=O)C(O)CCCCCCCC/C=C/C/C=C/CC)C(O)/C=C/CCCCCCCCCCC)OC(CO)C(O)C1O. The summed E-state index contributed by atoms with van der Waals surface area (Å²) in [5, 5.41) is 56.9. The molecule has 11 nitrogen and oxygen atoms in total. The number of rotatable bonds is 51. The monoisotopic (exact) mass is 1090 g/mol. The number of nitrogens with one attached hydrogen (secondary N) is 1. The van der Waals surface area contributed by atoms with E-state index < -0.39 is 67.4 Å². The van der Waals surface area contributed by atoms with Gasteiger partial charge in [-0.05, 0) is 103 Å². The normalized spacial score (nSPS) is 19.7. The lowest BCUT2D eigenvalue weighted by Crippen LogP contribution is -2.61. The molecule has 446 valence electrons. The lowest BCUT2D eigenvalue weighted by atomic mass is 9.99. The molecule has 0 aromatic heterocycles. The summed E-state index contributed by atoms with van der Waals surface area (Å²) in [6.07, 6.45) is 62.7. The number of ether oxygens (including phenoxy) is 3. The fourth-order valence-electron chi connectivity index (χ4n) is 9.04. The van der Waals surface area contributed by atoms with Crippen LogP contribution in [0.2, 0.25) is 0 Å². The molecule has 0 aromatic carbocycles. The highest BCUT2D eigenvalue weighted by molar-refractivity contribution is 5.80. The van der Waals surface area contributed by atoms with E-state index in [1.807, 2.05) is 6.08 Å². The zero-order valence-electron chi connectivity index (χ0n) is 49.2. The predicted octanol–water partition coefficient (Wildman–Crippen LogP) is 14.9. The molecular formula is C67H113NO10. The minimum atomic E-state index is -1.63. The number of hydrogen-bond donors (Lipinski definition) is 6. The van der Waals surface area contributed by atoms with Gasteiger partial charge in [-0.15, -0.1) is 0 Å². The lowest BCUT2D eigenvalue weighted by Gasteiger charge is -2.41. The summed E-state index contributed by atoms with van der Waals surface area (Å²) in [5.74, 6) is -1.23. The number of aliphatic hydroxyl groups excluding tert-OH is 5. The second kappa shape index (κ2) is 53.9. The molecule has 6 N–H and O–H groups in total. The van der Waals surface area contributed by atoms with Gasteiger partial charge in [0.1, 0.15) is 24.4 Å². The van der Waals surface area contributed by atoms with Gasteiger partial charge in [-0.2, -0.15) is 0 Å². The van der Waals surface area contributed by atoms with Gasteiger partial charge in [0.05, 0.1) is 25.4 Å². The Morgan fingerprint density at radius 3 is 1.38 bits per heavy atom. The maximum atomic E-state index is 13.4. The molecule has 1 aliphatic rings. The maximum absolute atomic E-state index is 13.4. The molecule has 1 aliphatic heterocycles. The van der Waals surface area contributed by atoms with Crippen LogP contribution in [0.1, 0.15) is 239 Å². The van der Waals surface area contributed by atoms with Crippen LogP contribution in [-0.4, -0.2) is 99.6 Å². The number of carbonyl (C=O) groups excluding carboxylic acids is 2. The van der Waals surface area contributed by atoms with Crippen LogP contribution in [0.15, 0.2) is 109 Å². The second-order valence-corrected chi connectivity index (χ2v) is 21.0. The van der Waals surface area contributed by atoms with Crippen molar-refractivity contribution in [2.45, 2.75) is 288 Å². The third-order valence-corrected chi connectivity index (χ3v) is 13.9. The number of unbranched alkanes of at least 4 members (excludes halogenated alkanes) is 21. The van der Waals surface area contributed by atoms with E-state index in [1.165, 1.54) is 38.5 Å². The van der Waals surface area contributed by atoms with Crippen LogP contribution < -0.4 is 5.32 Å². The highest BCUT2D eigenvalue weighted by atomic mass is 16.7. The molecule has 1 heterocycles. The van der Waals surface area contributed by atoms with Crippen molar-refractivity contribution >= 4 is 11.9 Å². The van der Waals surface area contributed by atoms with Crippen molar-refractivity contribution in [3.8, 4) is 0 Å². The summed E-state index contributed by atoms with van der Waals surface area (Å²) in [4.78, 5) is 26.5. The molecule has 8 unspecified atom stereocenters. The second-order valence-electron chi connectivity index (χ2n) is 21.0. The third-order valence-electron chi connectivity index (χ3n) is 13.9. The van der Waals surface area contributed by atoms with Crippen molar-refractivity contribution in [3.63, 3.8) is 0 Å². The van der Waals surface area contributed by atoms with Crippen molar-refractivity contribution in [3.05, 3.63) is 109 Å². The molecule has 0 aromatic rings. The first-order chi connectivity index (χ1) is 38.2. The summed E-state index contributed by atoms with van der Waals surface area (Å²) in [6.45, 7) is 5.53. The first-order valence-corrected chi connectivity index (χ1v) is 31.2. The highest BCUT2D eigenvalue weighted by Crippen LogP contribution is 2.26. The first kappa shape index (κ1) is 72.3. The Hall–Kier alpha value is -3.68. The van der Waals surface area contributed by atoms with E-state index in [2.05, 4.69) is 123 Å². The number of allylic oxidation sites excluding steroid dienone is 17. The van der Waals surface area contributed by atoms with E-state index in [0.29, 0.717) is 12.8 Å². The van der Waals surface area contributed by atoms with E-state index in [0.717, 1.165) is 154 Å². The zero-order valence-corrected chi connectivity index (χ0v) is 49.2. The van der Waals surface area contributed by atoms with Gasteiger partial charge < -0.3 is 45.1 Å². The van der Waals surface area contributed by atoms with Crippen LogP contribution in [0.4, 0.5) is 0 Å². The molecule has 78 heavy (non-hydrogen) atoms. The molecule has 0 radical (unpaired) electrons. The highest BCUT2D eigenvalue weighted by Gasteiger charge is 2.47. The molecule has 11 heteroatoms. The van der Waals surface area contributed by atoms with Crippen molar-refractivity contribution in [1.82, 2.24) is 5.32 Å². The Bertz CT molecular complexity index is 1680. The van der Waals surface area contributed by atoms with E-state index in [9.17, 15) is 35.1 Å². The van der Waals surface area contributed by atoms with Gasteiger partial charge in [0.15, 0.2) is 12.4 Å². The zero-order chi connectivity index (χ0) is 56.8. The van der Waals surface area contributed by atoms with E-state index in [4.69, 9.17) is 14.2 Å². The molecule has 1 saturated heterocycles. The number of hydrogen-bond acceptors (Lipinski definition) is 10. The average molecular weight is 1090 g/mol. The molecule has 0 bridgehead atoms. The van der Waals surface area contributed by atoms with E-state index in [1.54, 1.807) is 6.08 Å². The molecule has 0 saturated carbocycles. The number of amides is 1. The van der Waals surface area contributed by atoms with Crippen LogP contribution >= 0.6 is 0 Å². The predicted molar refractivity (Wildman–Crippen MR) is 324 cm³/mol. The number of aliphatic hydroxyl groups is 5. The summed E-state index contributed by atoms with van der Waals surface area (Å²) in [6, 6.07) is -1.04. The van der Waals surface area contributed by atoms with E-state index >= 15 is 0 Å². The maximum Gasteiger partial charge on any atom is 0.306 e.